The Morgan fingerprint density at radius 3 is 2.33 bits per heavy atom. The molecule has 1 heterocycles. The summed E-state index contributed by atoms with van der Waals surface area (Å²) >= 11 is 0. The van der Waals surface area contributed by atoms with Crippen molar-refractivity contribution in [3.8, 4) is 0 Å². The fourth-order valence-corrected chi connectivity index (χ4v) is 1.80. The van der Waals surface area contributed by atoms with E-state index in [1.165, 1.54) is 5.57 Å². The number of carbonyl (C=O) groups excluding carboxylic acids is 1. The Kier molecular flexibility index (Phi) is 4.29. The van der Waals surface area contributed by atoms with Crippen LogP contribution in [-0.2, 0) is 4.79 Å². The Labute approximate surface area is 91.7 Å². The molecule has 86 valence electrons. The molecule has 4 nitrogen and oxygen atoms in total. The van der Waals surface area contributed by atoms with Crippen LogP contribution in [-0.4, -0.2) is 54.5 Å². The predicted octanol–water partition coefficient (Wildman–Crippen LogP) is 0.0539. The number of hydrogen-bond donors (Lipinski definition) is 1. The standard InChI is InChI=1S/C11H21N3O/c1-9(2)8-13-4-6-14(7-5-13)11(15)10(3)12/h10H,1,4-8,12H2,2-3H3/t10-/m0/s1. The van der Waals surface area contributed by atoms with Gasteiger partial charge in [-0.05, 0) is 13.8 Å². The predicted molar refractivity (Wildman–Crippen MR) is 61.5 cm³/mol. The lowest BCUT2D eigenvalue weighted by atomic mass is 10.2. The summed E-state index contributed by atoms with van der Waals surface area (Å²) < 4.78 is 0. The van der Waals surface area contributed by atoms with Crippen LogP contribution >= 0.6 is 0 Å². The minimum absolute atomic E-state index is 0.0602. The number of nitrogens with zero attached hydrogens (tertiary/aromatic N) is 2. The van der Waals surface area contributed by atoms with Crippen LogP contribution < -0.4 is 5.73 Å². The number of hydrogen-bond acceptors (Lipinski definition) is 3. The van der Waals surface area contributed by atoms with Gasteiger partial charge in [-0.3, -0.25) is 9.69 Å². The topological polar surface area (TPSA) is 49.6 Å². The number of nitrogens with two attached hydrogens (primary N) is 1. The van der Waals surface area contributed by atoms with Gasteiger partial charge in [0, 0.05) is 32.7 Å². The van der Waals surface area contributed by atoms with Gasteiger partial charge in [-0.15, -0.1) is 0 Å². The van der Waals surface area contributed by atoms with Crippen LogP contribution in [0.1, 0.15) is 13.8 Å². The molecule has 1 amide bonds. The van der Waals surface area contributed by atoms with E-state index in [1.807, 2.05) is 11.8 Å². The Hall–Kier alpha value is -0.870. The zero-order valence-electron chi connectivity index (χ0n) is 9.70. The molecule has 2 N–H and O–H groups in total. The van der Waals surface area contributed by atoms with Gasteiger partial charge in [-0.25, -0.2) is 0 Å². The normalized spacial score (nSPS) is 20.1. The molecule has 0 spiro atoms. The molecule has 0 bridgehead atoms. The van der Waals surface area contributed by atoms with E-state index in [-0.39, 0.29) is 11.9 Å². The first kappa shape index (κ1) is 12.2. The highest BCUT2D eigenvalue weighted by molar-refractivity contribution is 5.81. The Balaban J connectivity index is 2.35. The van der Waals surface area contributed by atoms with Crippen molar-refractivity contribution in [2.75, 3.05) is 32.7 Å². The highest BCUT2D eigenvalue weighted by atomic mass is 16.2. The van der Waals surface area contributed by atoms with Crippen molar-refractivity contribution in [3.05, 3.63) is 12.2 Å². The molecule has 0 radical (unpaired) electrons. The molecule has 1 rings (SSSR count). The SMILES string of the molecule is C=C(C)CN1CCN(C(=O)[C@H](C)N)CC1. The van der Waals surface area contributed by atoms with Crippen LogP contribution in [0.2, 0.25) is 0 Å². The monoisotopic (exact) mass is 211 g/mol. The molecule has 0 unspecified atom stereocenters. The lowest BCUT2D eigenvalue weighted by Gasteiger charge is -2.35. The van der Waals surface area contributed by atoms with E-state index in [2.05, 4.69) is 11.5 Å². The summed E-state index contributed by atoms with van der Waals surface area (Å²) in [5, 5.41) is 0. The number of piperazine rings is 1. The van der Waals surface area contributed by atoms with Crippen molar-refractivity contribution >= 4 is 5.91 Å². The van der Waals surface area contributed by atoms with Crippen molar-refractivity contribution in [1.82, 2.24) is 9.80 Å². The molecule has 1 saturated heterocycles. The number of rotatable bonds is 3. The summed E-state index contributed by atoms with van der Waals surface area (Å²) in [6, 6.07) is -0.377. The molecule has 0 aromatic carbocycles. The minimum atomic E-state index is -0.377. The molecule has 4 heteroatoms. The average Bonchev–Trinajstić information content (AvgIpc) is 2.17. The second-order valence-corrected chi connectivity index (χ2v) is 4.35. The molecule has 0 aliphatic carbocycles. The van der Waals surface area contributed by atoms with Crippen LogP contribution in [0.5, 0.6) is 0 Å². The lowest BCUT2D eigenvalue weighted by molar-refractivity contribution is -0.133. The summed E-state index contributed by atoms with van der Waals surface area (Å²) in [5.74, 6) is 0.0602. The van der Waals surface area contributed by atoms with E-state index in [4.69, 9.17) is 5.73 Å². The molecular weight excluding hydrogens is 190 g/mol. The van der Waals surface area contributed by atoms with E-state index in [0.717, 1.165) is 32.7 Å². The third-order valence-corrected chi connectivity index (χ3v) is 2.57. The first-order chi connectivity index (χ1) is 7.00. The van der Waals surface area contributed by atoms with E-state index in [9.17, 15) is 4.79 Å². The van der Waals surface area contributed by atoms with Gasteiger partial charge < -0.3 is 10.6 Å². The van der Waals surface area contributed by atoms with Crippen LogP contribution in [0.15, 0.2) is 12.2 Å². The van der Waals surface area contributed by atoms with Gasteiger partial charge in [0.15, 0.2) is 0 Å². The van der Waals surface area contributed by atoms with Gasteiger partial charge in [0.25, 0.3) is 0 Å². The van der Waals surface area contributed by atoms with E-state index >= 15 is 0 Å². The summed E-state index contributed by atoms with van der Waals surface area (Å²) in [6.45, 7) is 12.0. The van der Waals surface area contributed by atoms with Crippen molar-refractivity contribution in [2.45, 2.75) is 19.9 Å². The zero-order valence-corrected chi connectivity index (χ0v) is 9.70. The smallest absolute Gasteiger partial charge is 0.239 e. The summed E-state index contributed by atoms with van der Waals surface area (Å²) in [7, 11) is 0. The van der Waals surface area contributed by atoms with E-state index in [1.54, 1.807) is 6.92 Å². The van der Waals surface area contributed by atoms with Gasteiger partial charge in [0.1, 0.15) is 0 Å². The number of amides is 1. The second-order valence-electron chi connectivity index (χ2n) is 4.35. The molecule has 0 aromatic rings. The molecule has 0 saturated carbocycles. The van der Waals surface area contributed by atoms with Gasteiger partial charge in [0.2, 0.25) is 5.91 Å². The molecule has 15 heavy (non-hydrogen) atoms. The fraction of sp³-hybridized carbons (Fsp3) is 0.727. The van der Waals surface area contributed by atoms with Crippen molar-refractivity contribution in [2.24, 2.45) is 5.73 Å². The molecular formula is C11H21N3O. The highest BCUT2D eigenvalue weighted by Gasteiger charge is 2.22. The van der Waals surface area contributed by atoms with Gasteiger partial charge in [-0.1, -0.05) is 12.2 Å². The minimum Gasteiger partial charge on any atom is -0.339 e. The first-order valence-electron chi connectivity index (χ1n) is 5.42. The van der Waals surface area contributed by atoms with Gasteiger partial charge >= 0.3 is 0 Å². The largest absolute Gasteiger partial charge is 0.339 e. The third-order valence-electron chi connectivity index (χ3n) is 2.57. The Morgan fingerprint density at radius 1 is 1.40 bits per heavy atom. The van der Waals surface area contributed by atoms with E-state index in [0.29, 0.717) is 0 Å². The Bertz CT molecular complexity index is 242. The maximum absolute atomic E-state index is 11.6. The Morgan fingerprint density at radius 2 is 1.93 bits per heavy atom. The molecule has 1 atom stereocenters. The van der Waals surface area contributed by atoms with Crippen molar-refractivity contribution < 1.29 is 4.79 Å². The van der Waals surface area contributed by atoms with Crippen LogP contribution in [0.25, 0.3) is 0 Å². The molecule has 1 aliphatic rings. The number of carbonyl (C=O) groups is 1. The molecule has 1 aliphatic heterocycles. The molecule has 1 fully saturated rings. The summed E-state index contributed by atoms with van der Waals surface area (Å²) in [5.41, 5.74) is 6.73. The van der Waals surface area contributed by atoms with Crippen LogP contribution in [0.4, 0.5) is 0 Å². The van der Waals surface area contributed by atoms with Crippen LogP contribution in [0, 0.1) is 0 Å². The third kappa shape index (κ3) is 3.64. The van der Waals surface area contributed by atoms with E-state index < -0.39 is 0 Å². The van der Waals surface area contributed by atoms with Gasteiger partial charge in [-0.2, -0.15) is 0 Å². The van der Waals surface area contributed by atoms with Crippen LogP contribution in [0.3, 0.4) is 0 Å². The first-order valence-corrected chi connectivity index (χ1v) is 5.42. The summed E-state index contributed by atoms with van der Waals surface area (Å²) in [6.07, 6.45) is 0. The van der Waals surface area contributed by atoms with Crippen molar-refractivity contribution in [1.29, 1.82) is 0 Å². The summed E-state index contributed by atoms with van der Waals surface area (Å²) in [4.78, 5) is 15.8. The highest BCUT2D eigenvalue weighted by Crippen LogP contribution is 2.05. The maximum Gasteiger partial charge on any atom is 0.239 e. The van der Waals surface area contributed by atoms with Crippen molar-refractivity contribution in [3.63, 3.8) is 0 Å². The quantitative estimate of drug-likeness (QED) is 0.671. The average molecular weight is 211 g/mol. The second kappa shape index (κ2) is 5.28. The lowest BCUT2D eigenvalue weighted by Crippen LogP contribution is -2.52. The van der Waals surface area contributed by atoms with Gasteiger partial charge in [0.05, 0.1) is 6.04 Å². The molecule has 0 aromatic heterocycles. The fourth-order valence-electron chi connectivity index (χ4n) is 1.80. The zero-order chi connectivity index (χ0) is 11.4. The maximum atomic E-state index is 11.6.